The summed E-state index contributed by atoms with van der Waals surface area (Å²) in [4.78, 5) is 15.7. The lowest BCUT2D eigenvalue weighted by Gasteiger charge is -2.36. The Hall–Kier alpha value is -1.72. The van der Waals surface area contributed by atoms with E-state index in [1.165, 1.54) is 10.9 Å². The molecular weight excluding hydrogens is 313 g/mol. The summed E-state index contributed by atoms with van der Waals surface area (Å²) in [6.45, 7) is 3.51. The first-order valence-corrected chi connectivity index (χ1v) is 8.66. The molecule has 1 saturated heterocycles. The van der Waals surface area contributed by atoms with E-state index in [0.717, 1.165) is 29.8 Å². The first-order chi connectivity index (χ1) is 11.0. The number of aliphatic carboxylic acids is 1. The Morgan fingerprint density at radius 2 is 2.17 bits per heavy atom. The Balaban J connectivity index is 1.72. The lowest BCUT2D eigenvalue weighted by atomic mass is 9.93. The number of hydrogen-bond donors (Lipinski definition) is 1. The highest BCUT2D eigenvalue weighted by Crippen LogP contribution is 2.31. The summed E-state index contributed by atoms with van der Waals surface area (Å²) in [7, 11) is 0. The number of halogens is 1. The second kappa shape index (κ2) is 6.81. The van der Waals surface area contributed by atoms with Crippen molar-refractivity contribution in [3.8, 4) is 10.4 Å². The zero-order chi connectivity index (χ0) is 16.4. The van der Waals surface area contributed by atoms with Crippen molar-refractivity contribution in [1.82, 2.24) is 4.90 Å². The van der Waals surface area contributed by atoms with Gasteiger partial charge in [-0.3, -0.25) is 9.69 Å². The SMILES string of the molecule is CC1CCC(C(=O)O)CN1Cc1ccc(-c2cccc(F)c2)s1. The molecular formula is C18H20FNO2S. The summed E-state index contributed by atoms with van der Waals surface area (Å²) in [5, 5.41) is 9.23. The van der Waals surface area contributed by atoms with Crippen molar-refractivity contribution in [2.24, 2.45) is 5.92 Å². The summed E-state index contributed by atoms with van der Waals surface area (Å²) in [5.74, 6) is -1.20. The van der Waals surface area contributed by atoms with Crippen molar-refractivity contribution in [1.29, 1.82) is 0 Å². The predicted molar refractivity (Wildman–Crippen MR) is 89.9 cm³/mol. The number of nitrogens with zero attached hydrogens (tertiary/aromatic N) is 1. The molecule has 0 saturated carbocycles. The fourth-order valence-corrected chi connectivity index (χ4v) is 4.09. The van der Waals surface area contributed by atoms with Crippen molar-refractivity contribution in [3.05, 3.63) is 47.1 Å². The summed E-state index contributed by atoms with van der Waals surface area (Å²) in [6.07, 6.45) is 1.67. The van der Waals surface area contributed by atoms with Crippen LogP contribution < -0.4 is 0 Å². The number of carbonyl (C=O) groups is 1. The first-order valence-electron chi connectivity index (χ1n) is 7.84. The van der Waals surface area contributed by atoms with Gasteiger partial charge in [0.25, 0.3) is 0 Å². The summed E-state index contributed by atoms with van der Waals surface area (Å²) in [6, 6.07) is 11.1. The minimum absolute atomic E-state index is 0.230. The van der Waals surface area contributed by atoms with Gasteiger partial charge in [0.2, 0.25) is 0 Å². The van der Waals surface area contributed by atoms with E-state index >= 15 is 0 Å². The molecule has 0 spiro atoms. The van der Waals surface area contributed by atoms with Crippen LogP contribution in [0.5, 0.6) is 0 Å². The Bertz CT molecular complexity index is 700. The largest absolute Gasteiger partial charge is 0.481 e. The van der Waals surface area contributed by atoms with E-state index in [1.54, 1.807) is 23.5 Å². The highest BCUT2D eigenvalue weighted by Gasteiger charge is 2.29. The van der Waals surface area contributed by atoms with E-state index in [4.69, 9.17) is 0 Å². The fourth-order valence-electron chi connectivity index (χ4n) is 3.06. The van der Waals surface area contributed by atoms with Gasteiger partial charge in [-0.1, -0.05) is 12.1 Å². The van der Waals surface area contributed by atoms with Crippen LogP contribution in [0.3, 0.4) is 0 Å². The van der Waals surface area contributed by atoms with E-state index in [1.807, 2.05) is 12.1 Å². The minimum Gasteiger partial charge on any atom is -0.481 e. The number of thiophene rings is 1. The van der Waals surface area contributed by atoms with Crippen LogP contribution >= 0.6 is 11.3 Å². The van der Waals surface area contributed by atoms with Crippen molar-refractivity contribution >= 4 is 17.3 Å². The Labute approximate surface area is 139 Å². The van der Waals surface area contributed by atoms with E-state index < -0.39 is 5.97 Å². The van der Waals surface area contributed by atoms with Gasteiger partial charge in [-0.2, -0.15) is 0 Å². The van der Waals surface area contributed by atoms with Crippen molar-refractivity contribution in [2.75, 3.05) is 6.54 Å². The van der Waals surface area contributed by atoms with Gasteiger partial charge < -0.3 is 5.11 Å². The lowest BCUT2D eigenvalue weighted by Crippen LogP contribution is -2.43. The normalized spacial score (nSPS) is 22.2. The molecule has 2 unspecified atom stereocenters. The highest BCUT2D eigenvalue weighted by molar-refractivity contribution is 7.15. The quantitative estimate of drug-likeness (QED) is 0.910. The highest BCUT2D eigenvalue weighted by atomic mass is 32.1. The van der Waals surface area contributed by atoms with Gasteiger partial charge in [-0.05, 0) is 49.6 Å². The molecule has 23 heavy (non-hydrogen) atoms. The minimum atomic E-state index is -0.700. The third kappa shape index (κ3) is 3.79. The van der Waals surface area contributed by atoms with Crippen molar-refractivity contribution < 1.29 is 14.3 Å². The van der Waals surface area contributed by atoms with Crippen LogP contribution in [0.15, 0.2) is 36.4 Å². The molecule has 122 valence electrons. The maximum atomic E-state index is 13.3. The number of benzene rings is 1. The first kappa shape index (κ1) is 16.1. The molecule has 0 aliphatic carbocycles. The number of hydrogen-bond acceptors (Lipinski definition) is 3. The molecule has 0 bridgehead atoms. The smallest absolute Gasteiger partial charge is 0.307 e. The van der Waals surface area contributed by atoms with Gasteiger partial charge >= 0.3 is 5.97 Å². The van der Waals surface area contributed by atoms with Gasteiger partial charge in [-0.25, -0.2) is 4.39 Å². The third-order valence-corrected chi connectivity index (χ3v) is 5.61. The number of likely N-dealkylation sites (tertiary alicyclic amines) is 1. The van der Waals surface area contributed by atoms with Crippen LogP contribution in [0.4, 0.5) is 4.39 Å². The zero-order valence-electron chi connectivity index (χ0n) is 13.0. The summed E-state index contributed by atoms with van der Waals surface area (Å²) in [5.41, 5.74) is 0.886. The molecule has 5 heteroatoms. The molecule has 1 aliphatic heterocycles. The van der Waals surface area contributed by atoms with Gasteiger partial charge in [0, 0.05) is 28.9 Å². The molecule has 1 fully saturated rings. The van der Waals surface area contributed by atoms with Crippen LogP contribution in [0, 0.1) is 11.7 Å². The zero-order valence-corrected chi connectivity index (χ0v) is 13.9. The lowest BCUT2D eigenvalue weighted by molar-refractivity contribution is -0.144. The number of piperidine rings is 1. The molecule has 2 aromatic rings. The van der Waals surface area contributed by atoms with Crippen LogP contribution in [0.25, 0.3) is 10.4 Å². The summed E-state index contributed by atoms with van der Waals surface area (Å²) < 4.78 is 13.3. The van der Waals surface area contributed by atoms with E-state index in [2.05, 4.69) is 17.9 Å². The van der Waals surface area contributed by atoms with Gasteiger partial charge in [0.05, 0.1) is 5.92 Å². The number of carboxylic acid groups (broad SMARTS) is 1. The van der Waals surface area contributed by atoms with Crippen LogP contribution in [0.1, 0.15) is 24.6 Å². The second-order valence-electron chi connectivity index (χ2n) is 6.17. The molecule has 3 rings (SSSR count). The van der Waals surface area contributed by atoms with Crippen molar-refractivity contribution in [2.45, 2.75) is 32.4 Å². The van der Waals surface area contributed by atoms with Crippen LogP contribution in [-0.4, -0.2) is 28.6 Å². The van der Waals surface area contributed by atoms with Crippen LogP contribution in [0.2, 0.25) is 0 Å². The van der Waals surface area contributed by atoms with Crippen molar-refractivity contribution in [3.63, 3.8) is 0 Å². The van der Waals surface area contributed by atoms with E-state index in [-0.39, 0.29) is 11.7 Å². The van der Waals surface area contributed by atoms with Gasteiger partial charge in [0.1, 0.15) is 5.82 Å². The number of carboxylic acids is 1. The molecule has 1 aromatic carbocycles. The second-order valence-corrected chi connectivity index (χ2v) is 7.34. The molecule has 1 aliphatic rings. The monoisotopic (exact) mass is 333 g/mol. The average molecular weight is 333 g/mol. The van der Waals surface area contributed by atoms with Gasteiger partial charge in [0.15, 0.2) is 0 Å². The molecule has 2 heterocycles. The Kier molecular flexibility index (Phi) is 4.78. The average Bonchev–Trinajstić information content (AvgIpc) is 2.98. The maximum absolute atomic E-state index is 13.3. The standard InChI is InChI=1S/C18H20FNO2S/c1-12-5-6-14(18(21)22)10-20(12)11-16-7-8-17(23-16)13-3-2-4-15(19)9-13/h2-4,7-9,12,14H,5-6,10-11H2,1H3,(H,21,22). The molecule has 0 radical (unpaired) electrons. The third-order valence-electron chi connectivity index (χ3n) is 4.49. The number of rotatable bonds is 4. The molecule has 0 amide bonds. The fraction of sp³-hybridized carbons (Fsp3) is 0.389. The maximum Gasteiger partial charge on any atom is 0.307 e. The molecule has 2 atom stereocenters. The van der Waals surface area contributed by atoms with E-state index in [9.17, 15) is 14.3 Å². The topological polar surface area (TPSA) is 40.5 Å². The Morgan fingerprint density at radius 3 is 2.91 bits per heavy atom. The molecule has 1 aromatic heterocycles. The van der Waals surface area contributed by atoms with Gasteiger partial charge in [-0.15, -0.1) is 11.3 Å². The van der Waals surface area contributed by atoms with Crippen LogP contribution in [-0.2, 0) is 11.3 Å². The molecule has 1 N–H and O–H groups in total. The Morgan fingerprint density at radius 1 is 1.35 bits per heavy atom. The summed E-state index contributed by atoms with van der Waals surface area (Å²) >= 11 is 1.64. The molecule has 3 nitrogen and oxygen atoms in total. The predicted octanol–water partition coefficient (Wildman–Crippen LogP) is 4.24. The van der Waals surface area contributed by atoms with E-state index in [0.29, 0.717) is 12.6 Å².